The third kappa shape index (κ3) is 2.46. The fourth-order valence-corrected chi connectivity index (χ4v) is 2.76. The summed E-state index contributed by atoms with van der Waals surface area (Å²) in [7, 11) is 3.14. The maximum absolute atomic E-state index is 11.1. The number of carbonyl (C=O) groups excluding carboxylic acids is 1. The molecule has 0 bridgehead atoms. The molecule has 0 saturated carbocycles. The van der Waals surface area contributed by atoms with Crippen LogP contribution < -0.4 is 14.8 Å². The van der Waals surface area contributed by atoms with Gasteiger partial charge in [-0.1, -0.05) is 11.3 Å². The van der Waals surface area contributed by atoms with Crippen LogP contribution >= 0.6 is 11.3 Å². The van der Waals surface area contributed by atoms with Gasteiger partial charge < -0.3 is 14.8 Å². The lowest BCUT2D eigenvalue weighted by Gasteiger charge is -2.08. The molecule has 1 amide bonds. The number of nitrogens with zero attached hydrogens (tertiary/aromatic N) is 4. The molecule has 0 aliphatic rings. The van der Waals surface area contributed by atoms with Crippen LogP contribution in [0.1, 0.15) is 6.92 Å². The Kier molecular flexibility index (Phi) is 3.63. The van der Waals surface area contributed by atoms with Crippen molar-refractivity contribution >= 4 is 27.3 Å². The van der Waals surface area contributed by atoms with Gasteiger partial charge in [-0.2, -0.15) is 4.52 Å². The normalized spacial score (nSPS) is 10.7. The Morgan fingerprint density at radius 3 is 2.68 bits per heavy atom. The lowest BCUT2D eigenvalue weighted by molar-refractivity contribution is -0.114. The van der Waals surface area contributed by atoms with Crippen molar-refractivity contribution < 1.29 is 14.3 Å². The molecule has 3 aromatic rings. The van der Waals surface area contributed by atoms with Gasteiger partial charge >= 0.3 is 0 Å². The zero-order chi connectivity index (χ0) is 15.7. The van der Waals surface area contributed by atoms with Gasteiger partial charge in [-0.3, -0.25) is 4.79 Å². The van der Waals surface area contributed by atoms with Crippen molar-refractivity contribution in [2.75, 3.05) is 19.5 Å². The van der Waals surface area contributed by atoms with E-state index < -0.39 is 0 Å². The van der Waals surface area contributed by atoms with E-state index in [2.05, 4.69) is 20.6 Å². The summed E-state index contributed by atoms with van der Waals surface area (Å²) >= 11 is 1.25. The molecular formula is C13H13N5O3S. The molecular weight excluding hydrogens is 306 g/mol. The molecule has 0 aliphatic carbocycles. The lowest BCUT2D eigenvalue weighted by Crippen LogP contribution is -2.05. The van der Waals surface area contributed by atoms with E-state index >= 15 is 0 Å². The smallest absolute Gasteiger partial charge is 0.236 e. The van der Waals surface area contributed by atoms with Crippen molar-refractivity contribution in [3.63, 3.8) is 0 Å². The standard InChI is InChI=1S/C13H13N5O3S/c1-7(19)14-12-17-18-11(15-16-13(18)22-12)8-4-5-9(20-2)10(6-8)21-3/h4-6H,1-3H3,(H,14,17,19). The molecule has 0 spiro atoms. The van der Waals surface area contributed by atoms with Crippen LogP contribution in [0.5, 0.6) is 11.5 Å². The second kappa shape index (κ2) is 5.60. The molecule has 0 atom stereocenters. The van der Waals surface area contributed by atoms with E-state index in [1.807, 2.05) is 6.07 Å². The Morgan fingerprint density at radius 1 is 1.23 bits per heavy atom. The van der Waals surface area contributed by atoms with Crippen LogP contribution in [-0.4, -0.2) is 39.9 Å². The number of anilines is 1. The van der Waals surface area contributed by atoms with E-state index in [1.165, 1.54) is 18.3 Å². The number of carbonyl (C=O) groups is 1. The third-order valence-electron chi connectivity index (χ3n) is 2.92. The van der Waals surface area contributed by atoms with E-state index in [1.54, 1.807) is 30.9 Å². The lowest BCUT2D eigenvalue weighted by atomic mass is 10.2. The molecule has 0 unspecified atom stereocenters. The highest BCUT2D eigenvalue weighted by molar-refractivity contribution is 7.20. The van der Waals surface area contributed by atoms with Gasteiger partial charge in [-0.15, -0.1) is 15.3 Å². The summed E-state index contributed by atoms with van der Waals surface area (Å²) in [4.78, 5) is 11.7. The average Bonchev–Trinajstić information content (AvgIpc) is 3.05. The Balaban J connectivity index is 2.06. The fourth-order valence-electron chi connectivity index (χ4n) is 1.97. The van der Waals surface area contributed by atoms with Crippen LogP contribution in [0, 0.1) is 0 Å². The van der Waals surface area contributed by atoms with Gasteiger partial charge in [-0.25, -0.2) is 0 Å². The van der Waals surface area contributed by atoms with Gasteiger partial charge in [0.05, 0.1) is 14.2 Å². The maximum atomic E-state index is 11.1. The monoisotopic (exact) mass is 319 g/mol. The summed E-state index contributed by atoms with van der Waals surface area (Å²) in [6.07, 6.45) is 0. The Labute approximate surface area is 129 Å². The summed E-state index contributed by atoms with van der Waals surface area (Å²) in [6, 6.07) is 5.43. The minimum absolute atomic E-state index is 0.183. The Bertz CT molecular complexity index is 841. The molecule has 22 heavy (non-hydrogen) atoms. The number of rotatable bonds is 4. The molecule has 9 heteroatoms. The predicted octanol–water partition coefficient (Wildman–Crippen LogP) is 1.83. The number of fused-ring (bicyclic) bond motifs is 1. The number of methoxy groups -OCH3 is 2. The third-order valence-corrected chi connectivity index (χ3v) is 3.73. The van der Waals surface area contributed by atoms with Crippen LogP contribution in [0.2, 0.25) is 0 Å². The first-order valence-electron chi connectivity index (χ1n) is 6.34. The predicted molar refractivity (Wildman–Crippen MR) is 81.5 cm³/mol. The molecule has 2 heterocycles. The van der Waals surface area contributed by atoms with Gasteiger partial charge in [0, 0.05) is 12.5 Å². The first-order valence-corrected chi connectivity index (χ1v) is 7.16. The maximum Gasteiger partial charge on any atom is 0.236 e. The van der Waals surface area contributed by atoms with Crippen molar-refractivity contribution in [1.29, 1.82) is 0 Å². The quantitative estimate of drug-likeness (QED) is 0.789. The van der Waals surface area contributed by atoms with E-state index in [0.717, 1.165) is 5.56 Å². The number of nitrogens with one attached hydrogen (secondary N) is 1. The van der Waals surface area contributed by atoms with Crippen LogP contribution in [0.4, 0.5) is 5.13 Å². The number of aromatic nitrogens is 4. The largest absolute Gasteiger partial charge is 0.493 e. The molecule has 0 fully saturated rings. The molecule has 3 rings (SSSR count). The molecule has 8 nitrogen and oxygen atoms in total. The number of benzene rings is 1. The van der Waals surface area contributed by atoms with Crippen molar-refractivity contribution in [2.45, 2.75) is 6.92 Å². The Hall–Kier alpha value is -2.68. The summed E-state index contributed by atoms with van der Waals surface area (Å²) in [5.74, 6) is 1.60. The second-order valence-corrected chi connectivity index (χ2v) is 5.33. The summed E-state index contributed by atoms with van der Waals surface area (Å²) < 4.78 is 12.1. The van der Waals surface area contributed by atoms with Gasteiger partial charge in [0.25, 0.3) is 0 Å². The van der Waals surface area contributed by atoms with E-state index in [9.17, 15) is 4.79 Å². The number of amides is 1. The molecule has 114 valence electrons. The molecule has 0 saturated heterocycles. The molecule has 1 N–H and O–H groups in total. The van der Waals surface area contributed by atoms with Gasteiger partial charge in [-0.05, 0) is 18.2 Å². The first-order chi connectivity index (χ1) is 10.6. The van der Waals surface area contributed by atoms with Crippen LogP contribution in [0.3, 0.4) is 0 Å². The van der Waals surface area contributed by atoms with Gasteiger partial charge in [0.15, 0.2) is 17.3 Å². The van der Waals surface area contributed by atoms with Crippen molar-refractivity contribution in [2.24, 2.45) is 0 Å². The summed E-state index contributed by atoms with van der Waals surface area (Å²) in [5.41, 5.74) is 0.782. The van der Waals surface area contributed by atoms with E-state index in [-0.39, 0.29) is 5.91 Å². The SMILES string of the molecule is COc1ccc(-c2nnc3sc(NC(C)=O)nn23)cc1OC. The van der Waals surface area contributed by atoms with Crippen LogP contribution in [-0.2, 0) is 4.79 Å². The highest BCUT2D eigenvalue weighted by Crippen LogP contribution is 2.32. The number of hydrogen-bond acceptors (Lipinski definition) is 7. The zero-order valence-corrected chi connectivity index (χ0v) is 13.0. The van der Waals surface area contributed by atoms with E-state index in [0.29, 0.717) is 27.4 Å². The van der Waals surface area contributed by atoms with Gasteiger partial charge in [0.1, 0.15) is 0 Å². The number of ether oxygens (including phenoxy) is 2. The minimum Gasteiger partial charge on any atom is -0.493 e. The van der Waals surface area contributed by atoms with Crippen molar-refractivity contribution in [3.05, 3.63) is 18.2 Å². The van der Waals surface area contributed by atoms with Crippen LogP contribution in [0.25, 0.3) is 16.3 Å². The van der Waals surface area contributed by atoms with Crippen molar-refractivity contribution in [1.82, 2.24) is 19.8 Å². The molecule has 0 radical (unpaired) electrons. The van der Waals surface area contributed by atoms with E-state index in [4.69, 9.17) is 9.47 Å². The highest BCUT2D eigenvalue weighted by atomic mass is 32.1. The Morgan fingerprint density at radius 2 is 2.00 bits per heavy atom. The number of hydrogen-bond donors (Lipinski definition) is 1. The minimum atomic E-state index is -0.183. The second-order valence-electron chi connectivity index (χ2n) is 4.38. The van der Waals surface area contributed by atoms with Crippen molar-refractivity contribution in [3.8, 4) is 22.9 Å². The molecule has 1 aromatic carbocycles. The molecule has 2 aromatic heterocycles. The average molecular weight is 319 g/mol. The fraction of sp³-hybridized carbons (Fsp3) is 0.231. The summed E-state index contributed by atoms with van der Waals surface area (Å²) in [5, 5.41) is 15.6. The first kappa shape index (κ1) is 14.3. The zero-order valence-electron chi connectivity index (χ0n) is 12.2. The highest BCUT2D eigenvalue weighted by Gasteiger charge is 2.15. The summed E-state index contributed by atoms with van der Waals surface area (Å²) in [6.45, 7) is 1.43. The molecule has 0 aliphatic heterocycles. The van der Waals surface area contributed by atoms with Crippen LogP contribution in [0.15, 0.2) is 18.2 Å². The van der Waals surface area contributed by atoms with Gasteiger partial charge in [0.2, 0.25) is 16.0 Å². The topological polar surface area (TPSA) is 90.6 Å².